The van der Waals surface area contributed by atoms with Crippen molar-refractivity contribution in [2.75, 3.05) is 6.16 Å². The molecular formula is C28H26BrP. The van der Waals surface area contributed by atoms with Crippen LogP contribution in [0.3, 0.4) is 0 Å². The Morgan fingerprint density at radius 1 is 0.567 bits per heavy atom. The van der Waals surface area contributed by atoms with E-state index in [9.17, 15) is 0 Å². The third kappa shape index (κ3) is 4.81. The zero-order chi connectivity index (χ0) is 19.9. The first-order valence-electron chi connectivity index (χ1n) is 10.1. The normalized spacial score (nSPS) is 11.2. The highest BCUT2D eigenvalue weighted by Gasteiger charge is 2.43. The predicted molar refractivity (Wildman–Crippen MR) is 130 cm³/mol. The van der Waals surface area contributed by atoms with Gasteiger partial charge in [-0.15, -0.1) is 0 Å². The molecule has 4 aromatic rings. The quantitative estimate of drug-likeness (QED) is 0.378. The zero-order valence-corrected chi connectivity index (χ0v) is 19.6. The lowest BCUT2D eigenvalue weighted by molar-refractivity contribution is -0.00000563. The highest BCUT2D eigenvalue weighted by molar-refractivity contribution is 7.95. The molecule has 0 bridgehead atoms. The molecule has 0 fully saturated rings. The molecule has 4 rings (SSSR count). The van der Waals surface area contributed by atoms with Crippen molar-refractivity contribution in [1.29, 1.82) is 0 Å². The van der Waals surface area contributed by atoms with Gasteiger partial charge >= 0.3 is 0 Å². The number of hydrogen-bond acceptors (Lipinski definition) is 0. The molecule has 2 heteroatoms. The van der Waals surface area contributed by atoms with Crippen LogP contribution in [-0.4, -0.2) is 6.16 Å². The van der Waals surface area contributed by atoms with E-state index in [0.29, 0.717) is 0 Å². The summed E-state index contributed by atoms with van der Waals surface area (Å²) in [6.45, 7) is 2.13. The largest absolute Gasteiger partial charge is 1.00 e. The zero-order valence-electron chi connectivity index (χ0n) is 17.2. The van der Waals surface area contributed by atoms with Crippen LogP contribution in [-0.2, 0) is 0 Å². The molecule has 0 spiro atoms. The Bertz CT molecular complexity index is 959. The molecule has 0 aliphatic carbocycles. The van der Waals surface area contributed by atoms with Crippen LogP contribution >= 0.6 is 7.26 Å². The van der Waals surface area contributed by atoms with Gasteiger partial charge in [0.15, 0.2) is 0 Å². The summed E-state index contributed by atoms with van der Waals surface area (Å²) in [5.74, 6) is 0. The highest BCUT2D eigenvalue weighted by Crippen LogP contribution is 2.55. The van der Waals surface area contributed by atoms with Gasteiger partial charge in [-0.3, -0.25) is 0 Å². The molecule has 0 aromatic heterocycles. The van der Waals surface area contributed by atoms with Gasteiger partial charge in [0.1, 0.15) is 23.2 Å². The fourth-order valence-corrected chi connectivity index (χ4v) is 7.83. The summed E-state index contributed by atoms with van der Waals surface area (Å²) in [6.07, 6.45) is 5.63. The van der Waals surface area contributed by atoms with E-state index >= 15 is 0 Å². The van der Waals surface area contributed by atoms with Crippen molar-refractivity contribution in [2.45, 2.75) is 6.92 Å². The van der Waals surface area contributed by atoms with E-state index in [-0.39, 0.29) is 17.0 Å². The van der Waals surface area contributed by atoms with Gasteiger partial charge in [0.2, 0.25) is 0 Å². The highest BCUT2D eigenvalue weighted by atomic mass is 79.9. The van der Waals surface area contributed by atoms with Gasteiger partial charge in [0, 0.05) is 0 Å². The maximum atomic E-state index is 2.37. The van der Waals surface area contributed by atoms with Crippen molar-refractivity contribution in [1.82, 2.24) is 0 Å². The molecule has 4 aromatic carbocycles. The molecule has 0 saturated heterocycles. The van der Waals surface area contributed by atoms with Crippen molar-refractivity contribution in [2.24, 2.45) is 0 Å². The van der Waals surface area contributed by atoms with Crippen molar-refractivity contribution in [3.8, 4) is 0 Å². The van der Waals surface area contributed by atoms with Crippen molar-refractivity contribution < 1.29 is 17.0 Å². The van der Waals surface area contributed by atoms with E-state index in [1.807, 2.05) is 0 Å². The van der Waals surface area contributed by atoms with Crippen LogP contribution in [0.2, 0.25) is 0 Å². The Kier molecular flexibility index (Phi) is 7.80. The molecule has 150 valence electrons. The van der Waals surface area contributed by atoms with Crippen molar-refractivity contribution in [3.63, 3.8) is 0 Å². The van der Waals surface area contributed by atoms with Gasteiger partial charge in [-0.25, -0.2) is 0 Å². The van der Waals surface area contributed by atoms with E-state index in [1.54, 1.807) is 0 Å². The molecule has 0 amide bonds. The lowest BCUT2D eigenvalue weighted by Crippen LogP contribution is -3.00. The van der Waals surface area contributed by atoms with Gasteiger partial charge in [0.05, 0.1) is 6.16 Å². The summed E-state index contributed by atoms with van der Waals surface area (Å²) in [5, 5.41) is 4.27. The molecule has 0 heterocycles. The summed E-state index contributed by atoms with van der Waals surface area (Å²) in [6, 6.07) is 41.9. The number of rotatable bonds is 6. The minimum atomic E-state index is -1.79. The molecule has 30 heavy (non-hydrogen) atoms. The minimum Gasteiger partial charge on any atom is -1.00 e. The number of benzene rings is 4. The second-order valence-corrected chi connectivity index (χ2v) is 10.8. The van der Waals surface area contributed by atoms with Gasteiger partial charge in [-0.05, 0) is 55.0 Å². The Morgan fingerprint density at radius 2 is 0.967 bits per heavy atom. The Morgan fingerprint density at radius 3 is 1.37 bits per heavy atom. The lowest BCUT2D eigenvalue weighted by atomic mass is 10.1. The summed E-state index contributed by atoms with van der Waals surface area (Å²) in [7, 11) is -1.79. The molecule has 0 unspecified atom stereocenters. The minimum absolute atomic E-state index is 0. The van der Waals surface area contributed by atoms with Gasteiger partial charge in [0.25, 0.3) is 0 Å². The SMILES string of the molecule is Cc1ccc(C=CC[P+](c2ccccc2)(c2ccccc2)c2ccccc2)cc1.[Br-]. The maximum absolute atomic E-state index is 2.37. The van der Waals surface area contributed by atoms with Gasteiger partial charge < -0.3 is 17.0 Å². The smallest absolute Gasteiger partial charge is 0.115 e. The van der Waals surface area contributed by atoms with Crippen LogP contribution in [0.4, 0.5) is 0 Å². The fraction of sp³-hybridized carbons (Fsp3) is 0.0714. The van der Waals surface area contributed by atoms with Gasteiger partial charge in [-0.1, -0.05) is 90.5 Å². The van der Waals surface area contributed by atoms with E-state index in [4.69, 9.17) is 0 Å². The third-order valence-electron chi connectivity index (χ3n) is 5.36. The third-order valence-corrected chi connectivity index (χ3v) is 9.66. The molecule has 0 aliphatic heterocycles. The summed E-state index contributed by atoms with van der Waals surface area (Å²) >= 11 is 0. The van der Waals surface area contributed by atoms with Crippen LogP contribution in [0.5, 0.6) is 0 Å². The maximum Gasteiger partial charge on any atom is 0.115 e. The summed E-state index contributed by atoms with van der Waals surface area (Å²) in [4.78, 5) is 0. The molecule has 0 radical (unpaired) electrons. The van der Waals surface area contributed by atoms with Crippen molar-refractivity contribution >= 4 is 29.3 Å². The van der Waals surface area contributed by atoms with E-state index < -0.39 is 7.26 Å². The Labute approximate surface area is 191 Å². The van der Waals surface area contributed by atoms with E-state index in [1.165, 1.54) is 27.0 Å². The first-order chi connectivity index (χ1) is 14.3. The van der Waals surface area contributed by atoms with Crippen LogP contribution in [0.15, 0.2) is 121 Å². The van der Waals surface area contributed by atoms with Crippen molar-refractivity contribution in [3.05, 3.63) is 132 Å². The molecule has 0 N–H and O–H groups in total. The number of halogens is 1. The monoisotopic (exact) mass is 472 g/mol. The summed E-state index contributed by atoms with van der Waals surface area (Å²) < 4.78 is 0. The van der Waals surface area contributed by atoms with Crippen LogP contribution in [0, 0.1) is 6.92 Å². The lowest BCUT2D eigenvalue weighted by Gasteiger charge is -2.26. The number of aryl methyl sites for hydroxylation is 1. The molecule has 0 atom stereocenters. The topological polar surface area (TPSA) is 0 Å². The van der Waals surface area contributed by atoms with Crippen LogP contribution < -0.4 is 32.9 Å². The molecular weight excluding hydrogens is 447 g/mol. The first-order valence-corrected chi connectivity index (χ1v) is 12.0. The predicted octanol–water partition coefficient (Wildman–Crippen LogP) is 3.01. The van der Waals surface area contributed by atoms with Crippen LogP contribution in [0.1, 0.15) is 11.1 Å². The van der Waals surface area contributed by atoms with E-state index in [0.717, 1.165) is 6.16 Å². The molecule has 0 aliphatic rings. The second-order valence-electron chi connectivity index (χ2n) is 7.31. The average molecular weight is 473 g/mol. The van der Waals surface area contributed by atoms with E-state index in [2.05, 4.69) is 134 Å². The van der Waals surface area contributed by atoms with Crippen LogP contribution in [0.25, 0.3) is 6.08 Å². The first kappa shape index (κ1) is 22.2. The second kappa shape index (κ2) is 10.5. The molecule has 0 saturated carbocycles. The van der Waals surface area contributed by atoms with Gasteiger partial charge in [-0.2, -0.15) is 0 Å². The number of allylic oxidation sites excluding steroid dienone is 1. The Balaban J connectivity index is 0.00000256. The number of hydrogen-bond donors (Lipinski definition) is 0. The standard InChI is InChI=1S/C28H26P.BrH/c1-24-19-21-25(22-20-24)12-11-23-29(26-13-5-2-6-14-26,27-15-7-3-8-16-27)28-17-9-4-10-18-28;/h2-22H,23H2,1H3;1H/q+1;/p-1. The Hall–Kier alpha value is -2.47. The summed E-state index contributed by atoms with van der Waals surface area (Å²) in [5.41, 5.74) is 2.55. The average Bonchev–Trinajstić information content (AvgIpc) is 2.80. The molecule has 0 nitrogen and oxygen atoms in total. The fourth-order valence-electron chi connectivity index (χ4n) is 3.84.